The van der Waals surface area contributed by atoms with Crippen LogP contribution in [0.5, 0.6) is 5.75 Å². The maximum absolute atomic E-state index is 12.3. The van der Waals surface area contributed by atoms with E-state index in [1.165, 1.54) is 18.2 Å². The molecule has 3 rings (SSSR count). The molecule has 0 aliphatic carbocycles. The van der Waals surface area contributed by atoms with Gasteiger partial charge in [0.1, 0.15) is 11.6 Å². The minimum Gasteiger partial charge on any atom is -0.481 e. The zero-order valence-electron chi connectivity index (χ0n) is 14.9. The fraction of sp³-hybridized carbons (Fsp3) is 0.368. The number of carboxylic acids is 1. The summed E-state index contributed by atoms with van der Waals surface area (Å²) in [5, 5.41) is 12.1. The zero-order valence-corrected chi connectivity index (χ0v) is 14.9. The van der Waals surface area contributed by atoms with Gasteiger partial charge in [-0.05, 0) is 42.7 Å². The van der Waals surface area contributed by atoms with E-state index in [9.17, 15) is 18.0 Å². The quantitative estimate of drug-likeness (QED) is 0.773. The van der Waals surface area contributed by atoms with Gasteiger partial charge < -0.3 is 20.1 Å². The van der Waals surface area contributed by atoms with E-state index >= 15 is 0 Å². The van der Waals surface area contributed by atoms with Gasteiger partial charge in [0.15, 0.2) is 0 Å². The number of nitrogens with zero attached hydrogens (tertiary/aromatic N) is 2. The van der Waals surface area contributed by atoms with Gasteiger partial charge in [0.25, 0.3) is 0 Å². The second-order valence-electron chi connectivity index (χ2n) is 6.55. The van der Waals surface area contributed by atoms with Crippen LogP contribution in [0.2, 0.25) is 0 Å². The van der Waals surface area contributed by atoms with Gasteiger partial charge >= 0.3 is 12.3 Å². The predicted molar refractivity (Wildman–Crippen MR) is 97.3 cm³/mol. The normalized spacial score (nSPS) is 15.3. The number of carbonyl (C=O) groups is 1. The number of pyridine rings is 1. The third-order valence-corrected chi connectivity index (χ3v) is 4.56. The molecule has 6 nitrogen and oxygen atoms in total. The lowest BCUT2D eigenvalue weighted by atomic mass is 9.97. The first-order valence-corrected chi connectivity index (χ1v) is 8.82. The molecule has 1 fully saturated rings. The molecule has 1 aromatic heterocycles. The molecule has 2 heterocycles. The zero-order chi connectivity index (χ0) is 20.1. The van der Waals surface area contributed by atoms with Gasteiger partial charge in [-0.3, -0.25) is 4.79 Å². The van der Waals surface area contributed by atoms with Crippen molar-refractivity contribution in [3.8, 4) is 5.75 Å². The second-order valence-corrected chi connectivity index (χ2v) is 6.55. The Balaban J connectivity index is 1.54. The highest BCUT2D eigenvalue weighted by atomic mass is 19.4. The third-order valence-electron chi connectivity index (χ3n) is 4.56. The molecular weight excluding hydrogens is 375 g/mol. The number of anilines is 2. The fourth-order valence-electron chi connectivity index (χ4n) is 3.11. The summed E-state index contributed by atoms with van der Waals surface area (Å²) in [4.78, 5) is 17.4. The lowest BCUT2D eigenvalue weighted by Crippen LogP contribution is -2.36. The summed E-state index contributed by atoms with van der Waals surface area (Å²) in [7, 11) is 0. The highest BCUT2D eigenvalue weighted by molar-refractivity contribution is 5.70. The molecule has 150 valence electrons. The fourth-order valence-corrected chi connectivity index (χ4v) is 3.11. The Morgan fingerprint density at radius 1 is 1.25 bits per heavy atom. The number of halogens is 3. The number of nitrogens with one attached hydrogen (secondary N) is 1. The van der Waals surface area contributed by atoms with Gasteiger partial charge in [-0.2, -0.15) is 0 Å². The van der Waals surface area contributed by atoms with Crippen molar-refractivity contribution < 1.29 is 27.8 Å². The Morgan fingerprint density at radius 3 is 2.61 bits per heavy atom. The van der Waals surface area contributed by atoms with Crippen molar-refractivity contribution >= 4 is 17.5 Å². The number of piperidine rings is 1. The van der Waals surface area contributed by atoms with Crippen LogP contribution in [0.15, 0.2) is 42.6 Å². The maximum Gasteiger partial charge on any atom is 0.573 e. The second kappa shape index (κ2) is 8.37. The monoisotopic (exact) mass is 395 g/mol. The standard InChI is InChI=1S/C19H20F3N3O3/c20-19(21,22)28-16-3-1-2-13(10-16)11-23-17-5-4-15(12-24-17)25-8-6-14(7-9-25)18(26)27/h1-5,10,12,14H,6-9,11H2,(H,23,24)(H,26,27). The van der Waals surface area contributed by atoms with Gasteiger partial charge in [0, 0.05) is 19.6 Å². The van der Waals surface area contributed by atoms with Gasteiger partial charge in [0.05, 0.1) is 17.8 Å². The molecule has 9 heteroatoms. The summed E-state index contributed by atoms with van der Waals surface area (Å²) in [5.74, 6) is -0.713. The maximum atomic E-state index is 12.3. The largest absolute Gasteiger partial charge is 0.573 e. The summed E-state index contributed by atoms with van der Waals surface area (Å²) in [6.45, 7) is 1.63. The van der Waals surface area contributed by atoms with E-state index in [-0.39, 0.29) is 11.7 Å². The smallest absolute Gasteiger partial charge is 0.481 e. The minimum atomic E-state index is -4.72. The Kier molecular flexibility index (Phi) is 5.91. The third kappa shape index (κ3) is 5.51. The van der Waals surface area contributed by atoms with Crippen molar-refractivity contribution in [3.05, 3.63) is 48.2 Å². The number of rotatable bonds is 6. The molecule has 0 saturated carbocycles. The molecule has 2 aromatic rings. The molecule has 0 atom stereocenters. The Bertz CT molecular complexity index is 804. The van der Waals surface area contributed by atoms with Crippen LogP contribution >= 0.6 is 0 Å². The van der Waals surface area contributed by atoms with Crippen molar-refractivity contribution in [2.24, 2.45) is 5.92 Å². The van der Waals surface area contributed by atoms with E-state index in [4.69, 9.17) is 5.11 Å². The molecule has 1 aliphatic heterocycles. The van der Waals surface area contributed by atoms with Crippen molar-refractivity contribution in [3.63, 3.8) is 0 Å². The van der Waals surface area contributed by atoms with E-state index in [1.807, 2.05) is 6.07 Å². The highest BCUT2D eigenvalue weighted by Crippen LogP contribution is 2.25. The number of ether oxygens (including phenoxy) is 1. The van der Waals surface area contributed by atoms with Crippen LogP contribution in [-0.2, 0) is 11.3 Å². The Labute approximate surface area is 159 Å². The summed E-state index contributed by atoms with van der Waals surface area (Å²) in [6.07, 6.45) is -1.81. The van der Waals surface area contributed by atoms with Crippen LogP contribution in [0.3, 0.4) is 0 Å². The summed E-state index contributed by atoms with van der Waals surface area (Å²) in [5.41, 5.74) is 1.54. The van der Waals surface area contributed by atoms with Crippen LogP contribution in [-0.4, -0.2) is 35.5 Å². The van der Waals surface area contributed by atoms with Crippen LogP contribution in [0.4, 0.5) is 24.7 Å². The van der Waals surface area contributed by atoms with E-state index in [0.29, 0.717) is 43.9 Å². The van der Waals surface area contributed by atoms with Crippen molar-refractivity contribution in [2.45, 2.75) is 25.7 Å². The Hall–Kier alpha value is -2.97. The summed E-state index contributed by atoms with van der Waals surface area (Å²) < 4.78 is 40.8. The number of aromatic nitrogens is 1. The molecule has 1 aliphatic rings. The topological polar surface area (TPSA) is 74.7 Å². The van der Waals surface area contributed by atoms with E-state index < -0.39 is 12.3 Å². The Morgan fingerprint density at radius 2 is 2.00 bits per heavy atom. The highest BCUT2D eigenvalue weighted by Gasteiger charge is 2.31. The van der Waals surface area contributed by atoms with Crippen LogP contribution in [0.25, 0.3) is 0 Å². The average Bonchev–Trinajstić information content (AvgIpc) is 2.66. The van der Waals surface area contributed by atoms with Gasteiger partial charge in [0.2, 0.25) is 0 Å². The lowest BCUT2D eigenvalue weighted by molar-refractivity contribution is -0.274. The summed E-state index contributed by atoms with van der Waals surface area (Å²) in [6, 6.07) is 9.43. The number of aliphatic carboxylic acids is 1. The first-order chi connectivity index (χ1) is 13.3. The first kappa shape index (κ1) is 19.8. The molecule has 0 spiro atoms. The SMILES string of the molecule is O=C(O)C1CCN(c2ccc(NCc3cccc(OC(F)(F)F)c3)nc2)CC1. The van der Waals surface area contributed by atoms with Crippen LogP contribution in [0.1, 0.15) is 18.4 Å². The number of alkyl halides is 3. The van der Waals surface area contributed by atoms with Crippen molar-refractivity contribution in [1.29, 1.82) is 0 Å². The number of carboxylic acid groups (broad SMARTS) is 1. The van der Waals surface area contributed by atoms with Crippen LogP contribution in [0, 0.1) is 5.92 Å². The molecule has 2 N–H and O–H groups in total. The molecule has 0 amide bonds. The summed E-state index contributed by atoms with van der Waals surface area (Å²) >= 11 is 0. The molecule has 0 bridgehead atoms. The number of hydrogen-bond acceptors (Lipinski definition) is 5. The van der Waals surface area contributed by atoms with Gasteiger partial charge in [-0.1, -0.05) is 12.1 Å². The predicted octanol–water partition coefficient (Wildman–Crippen LogP) is 3.89. The molecule has 1 saturated heterocycles. The lowest BCUT2D eigenvalue weighted by Gasteiger charge is -2.31. The van der Waals surface area contributed by atoms with E-state index in [2.05, 4.69) is 19.9 Å². The average molecular weight is 395 g/mol. The molecule has 1 aromatic carbocycles. The van der Waals surface area contributed by atoms with Crippen LogP contribution < -0.4 is 15.0 Å². The minimum absolute atomic E-state index is 0.264. The first-order valence-electron chi connectivity index (χ1n) is 8.82. The molecule has 28 heavy (non-hydrogen) atoms. The molecule has 0 unspecified atom stereocenters. The molecular formula is C19H20F3N3O3. The molecule has 0 radical (unpaired) electrons. The van der Waals surface area contributed by atoms with E-state index in [0.717, 1.165) is 5.69 Å². The van der Waals surface area contributed by atoms with E-state index in [1.54, 1.807) is 18.3 Å². The van der Waals surface area contributed by atoms with Crippen molar-refractivity contribution in [1.82, 2.24) is 4.98 Å². The van der Waals surface area contributed by atoms with Gasteiger partial charge in [-0.25, -0.2) is 4.98 Å². The number of benzene rings is 1. The number of hydrogen-bond donors (Lipinski definition) is 2. The van der Waals surface area contributed by atoms with Crippen molar-refractivity contribution in [2.75, 3.05) is 23.3 Å². The van der Waals surface area contributed by atoms with Gasteiger partial charge in [-0.15, -0.1) is 13.2 Å².